The number of fused-ring (bicyclic) bond motifs is 1. The lowest BCUT2D eigenvalue weighted by molar-refractivity contribution is -0.384. The van der Waals surface area contributed by atoms with Gasteiger partial charge in [-0.3, -0.25) is 10.1 Å². The maximum atomic E-state index is 12.5. The van der Waals surface area contributed by atoms with Gasteiger partial charge in [0, 0.05) is 17.7 Å². The van der Waals surface area contributed by atoms with Gasteiger partial charge in [-0.2, -0.15) is 0 Å². The summed E-state index contributed by atoms with van der Waals surface area (Å²) in [5.41, 5.74) is 2.16. The molecule has 152 valence electrons. The van der Waals surface area contributed by atoms with Gasteiger partial charge in [0.05, 0.1) is 26.8 Å². The highest BCUT2D eigenvalue weighted by Crippen LogP contribution is 2.45. The summed E-state index contributed by atoms with van der Waals surface area (Å²) >= 11 is 1.13. The molecule has 0 aliphatic heterocycles. The minimum Gasteiger partial charge on any atom is -0.477 e. The molecule has 1 aliphatic rings. The predicted molar refractivity (Wildman–Crippen MR) is 107 cm³/mol. The molecule has 4 rings (SSSR count). The first-order valence-corrected chi connectivity index (χ1v) is 9.80. The predicted octanol–water partition coefficient (Wildman–Crippen LogP) is 4.22. The van der Waals surface area contributed by atoms with Gasteiger partial charge in [-0.05, 0) is 36.6 Å². The first-order valence-electron chi connectivity index (χ1n) is 8.99. The molecule has 1 N–H and O–H groups in total. The molecular formula is C20H15N3O6S. The first-order chi connectivity index (χ1) is 14.3. The van der Waals surface area contributed by atoms with Gasteiger partial charge in [0.15, 0.2) is 0 Å². The number of aromatic carboxylic acids is 1. The van der Waals surface area contributed by atoms with Gasteiger partial charge >= 0.3 is 11.9 Å². The molecular weight excluding hydrogens is 410 g/mol. The van der Waals surface area contributed by atoms with Crippen molar-refractivity contribution in [1.29, 1.82) is 0 Å². The van der Waals surface area contributed by atoms with Crippen molar-refractivity contribution in [3.8, 4) is 10.6 Å². The van der Waals surface area contributed by atoms with Crippen LogP contribution < -0.4 is 0 Å². The number of nitrogens with zero attached hydrogens (tertiary/aromatic N) is 3. The number of ether oxygens (including phenoxy) is 1. The van der Waals surface area contributed by atoms with E-state index in [0.29, 0.717) is 22.7 Å². The molecule has 2 atom stereocenters. The Hall–Kier alpha value is -3.66. The lowest BCUT2D eigenvalue weighted by Crippen LogP contribution is -2.11. The smallest absolute Gasteiger partial charge is 0.345 e. The summed E-state index contributed by atoms with van der Waals surface area (Å²) in [5, 5.41) is 19.9. The van der Waals surface area contributed by atoms with Crippen LogP contribution in [0.3, 0.4) is 0 Å². The summed E-state index contributed by atoms with van der Waals surface area (Å²) in [4.78, 5) is 43.5. The standard InChI is InChI=1S/C20H15N3O6S/c1-10-8-13(29-20(26)11-2-4-12(5-3-11)23(27)28)17-16(10)18(22-9-21-17)14-6-7-15(30-14)19(24)25/h2-7,9-10,13H,8H2,1H3,(H,24,25)/t10-,13-/m1/s1. The number of carbonyl (C=O) groups is 2. The molecule has 1 aromatic carbocycles. The Kier molecular flexibility index (Phi) is 5.00. The Morgan fingerprint density at radius 1 is 1.20 bits per heavy atom. The average molecular weight is 425 g/mol. The number of rotatable bonds is 5. The fourth-order valence-electron chi connectivity index (χ4n) is 3.50. The summed E-state index contributed by atoms with van der Waals surface area (Å²) in [6.07, 6.45) is 1.30. The van der Waals surface area contributed by atoms with Crippen LogP contribution in [0.4, 0.5) is 5.69 Å². The fourth-order valence-corrected chi connectivity index (χ4v) is 4.35. The summed E-state index contributed by atoms with van der Waals surface area (Å²) in [7, 11) is 0. The Morgan fingerprint density at radius 3 is 2.57 bits per heavy atom. The molecule has 30 heavy (non-hydrogen) atoms. The fraction of sp³-hybridized carbons (Fsp3) is 0.200. The highest BCUT2D eigenvalue weighted by Gasteiger charge is 2.36. The Morgan fingerprint density at radius 2 is 1.93 bits per heavy atom. The zero-order valence-electron chi connectivity index (χ0n) is 15.6. The second kappa shape index (κ2) is 7.64. The Bertz CT molecular complexity index is 1160. The number of thiophene rings is 1. The molecule has 2 heterocycles. The third kappa shape index (κ3) is 3.52. The van der Waals surface area contributed by atoms with E-state index >= 15 is 0 Å². The van der Waals surface area contributed by atoms with Crippen molar-refractivity contribution in [1.82, 2.24) is 9.97 Å². The van der Waals surface area contributed by atoms with Crippen LogP contribution in [0, 0.1) is 10.1 Å². The number of nitro benzene ring substituents is 1. The molecule has 0 spiro atoms. The highest BCUT2D eigenvalue weighted by atomic mass is 32.1. The molecule has 9 nitrogen and oxygen atoms in total. The lowest BCUT2D eigenvalue weighted by Gasteiger charge is -2.13. The molecule has 3 aromatic rings. The number of carboxylic acids is 1. The van der Waals surface area contributed by atoms with E-state index < -0.39 is 23.0 Å². The zero-order valence-corrected chi connectivity index (χ0v) is 16.5. The molecule has 0 saturated carbocycles. The van der Waals surface area contributed by atoms with E-state index in [1.54, 1.807) is 6.07 Å². The second-order valence-electron chi connectivity index (χ2n) is 6.82. The number of hydrogen-bond donors (Lipinski definition) is 1. The average Bonchev–Trinajstić information content (AvgIpc) is 3.34. The van der Waals surface area contributed by atoms with Crippen molar-refractivity contribution in [3.63, 3.8) is 0 Å². The largest absolute Gasteiger partial charge is 0.477 e. The third-order valence-electron chi connectivity index (χ3n) is 4.89. The molecule has 0 unspecified atom stereocenters. The maximum absolute atomic E-state index is 12.5. The van der Waals surface area contributed by atoms with E-state index in [1.165, 1.54) is 36.7 Å². The topological polar surface area (TPSA) is 133 Å². The van der Waals surface area contributed by atoms with Gasteiger partial charge in [-0.25, -0.2) is 19.6 Å². The number of benzene rings is 1. The number of nitro groups is 1. The van der Waals surface area contributed by atoms with Crippen molar-refractivity contribution < 1.29 is 24.4 Å². The molecule has 0 amide bonds. The minimum absolute atomic E-state index is 0.00115. The van der Waals surface area contributed by atoms with Crippen molar-refractivity contribution in [3.05, 3.63) is 74.5 Å². The monoisotopic (exact) mass is 425 g/mol. The van der Waals surface area contributed by atoms with Crippen LogP contribution in [-0.2, 0) is 4.74 Å². The van der Waals surface area contributed by atoms with Crippen LogP contribution in [0.5, 0.6) is 0 Å². The first kappa shape index (κ1) is 19.6. The van der Waals surface area contributed by atoms with Crippen molar-refractivity contribution >= 4 is 29.0 Å². The molecule has 0 saturated heterocycles. The number of carboxylic acid groups (broad SMARTS) is 1. The summed E-state index contributed by atoms with van der Waals surface area (Å²) in [5.74, 6) is -1.60. The van der Waals surface area contributed by atoms with Crippen molar-refractivity contribution in [2.45, 2.75) is 25.4 Å². The quantitative estimate of drug-likeness (QED) is 0.365. The number of aromatic nitrogens is 2. The van der Waals surface area contributed by atoms with Crippen LogP contribution in [0.1, 0.15) is 56.7 Å². The lowest BCUT2D eigenvalue weighted by atomic mass is 10.0. The third-order valence-corrected chi connectivity index (χ3v) is 5.97. The SMILES string of the molecule is C[C@@H]1C[C@@H](OC(=O)c2ccc([N+](=O)[O-])cc2)c2ncnc(-c3ccc(C(=O)O)s3)c21. The van der Waals surface area contributed by atoms with Gasteiger partial charge in [0.1, 0.15) is 17.3 Å². The minimum atomic E-state index is -1.00. The summed E-state index contributed by atoms with van der Waals surface area (Å²) < 4.78 is 5.64. The van der Waals surface area contributed by atoms with Crippen LogP contribution >= 0.6 is 11.3 Å². The van der Waals surface area contributed by atoms with Gasteiger partial charge in [-0.1, -0.05) is 6.92 Å². The molecule has 0 bridgehead atoms. The van der Waals surface area contributed by atoms with E-state index in [1.807, 2.05) is 6.92 Å². The number of carbonyl (C=O) groups excluding carboxylic acids is 1. The Labute approximate surface area is 174 Å². The van der Waals surface area contributed by atoms with Crippen molar-refractivity contribution in [2.75, 3.05) is 0 Å². The van der Waals surface area contributed by atoms with Gasteiger partial charge < -0.3 is 9.84 Å². The molecule has 0 radical (unpaired) electrons. The summed E-state index contributed by atoms with van der Waals surface area (Å²) in [6.45, 7) is 1.97. The molecule has 0 fully saturated rings. The van der Waals surface area contributed by atoms with Gasteiger partial charge in [0.25, 0.3) is 5.69 Å². The summed E-state index contributed by atoms with van der Waals surface area (Å²) in [6, 6.07) is 8.44. The van der Waals surface area contributed by atoms with Crippen LogP contribution in [0.25, 0.3) is 10.6 Å². The molecule has 1 aliphatic carbocycles. The highest BCUT2D eigenvalue weighted by molar-refractivity contribution is 7.17. The van der Waals surface area contributed by atoms with Gasteiger partial charge in [0.2, 0.25) is 0 Å². The van der Waals surface area contributed by atoms with E-state index in [9.17, 15) is 24.8 Å². The second-order valence-corrected chi connectivity index (χ2v) is 7.91. The van der Waals surface area contributed by atoms with Crippen LogP contribution in [0.2, 0.25) is 0 Å². The van der Waals surface area contributed by atoms with E-state index in [0.717, 1.165) is 16.9 Å². The van der Waals surface area contributed by atoms with E-state index in [4.69, 9.17) is 4.74 Å². The molecule has 2 aromatic heterocycles. The zero-order chi connectivity index (χ0) is 21.4. The van der Waals surface area contributed by atoms with E-state index in [-0.39, 0.29) is 22.0 Å². The normalized spacial score (nSPS) is 17.4. The molecule has 10 heteroatoms. The maximum Gasteiger partial charge on any atom is 0.345 e. The number of non-ortho nitro benzene ring substituents is 1. The number of esters is 1. The van der Waals surface area contributed by atoms with Crippen LogP contribution in [-0.4, -0.2) is 31.9 Å². The number of hydrogen-bond acceptors (Lipinski definition) is 8. The Balaban J connectivity index is 1.61. The van der Waals surface area contributed by atoms with Crippen LogP contribution in [0.15, 0.2) is 42.7 Å². The van der Waals surface area contributed by atoms with E-state index in [2.05, 4.69) is 9.97 Å². The van der Waals surface area contributed by atoms with Gasteiger partial charge in [-0.15, -0.1) is 11.3 Å². The van der Waals surface area contributed by atoms with Crippen molar-refractivity contribution in [2.24, 2.45) is 0 Å².